The van der Waals surface area contributed by atoms with Crippen molar-refractivity contribution in [1.29, 1.82) is 0 Å². The van der Waals surface area contributed by atoms with Crippen molar-refractivity contribution in [3.8, 4) is 61.8 Å². The summed E-state index contributed by atoms with van der Waals surface area (Å²) in [6.45, 7) is 0. The van der Waals surface area contributed by atoms with E-state index in [0.717, 1.165) is 55.7 Å². The zero-order valence-corrected chi connectivity index (χ0v) is 31.0. The smallest absolute Gasteiger partial charge is 0.160 e. The van der Waals surface area contributed by atoms with Crippen LogP contribution in [0, 0.1) is 0 Å². The van der Waals surface area contributed by atoms with E-state index in [-0.39, 0.29) is 0 Å². The van der Waals surface area contributed by atoms with Gasteiger partial charge in [-0.25, -0.2) is 9.97 Å². The molecule has 3 nitrogen and oxygen atoms in total. The van der Waals surface area contributed by atoms with Crippen LogP contribution in [-0.2, 0) is 0 Å². The SMILES string of the molecule is c1ccc(-c2ccc(-c3cccc(-c4nc(-c5ccccc5)cc(-c5ccc(-n6c7ccccc7c7cc8ccccc8cc76)c6ccccc56)n4)c3)cc2)cc1. The molecule has 57 heavy (non-hydrogen) atoms. The Bertz CT molecular complexity index is 3270. The van der Waals surface area contributed by atoms with E-state index in [4.69, 9.17) is 9.97 Å². The highest BCUT2D eigenvalue weighted by Crippen LogP contribution is 2.40. The maximum atomic E-state index is 5.35. The summed E-state index contributed by atoms with van der Waals surface area (Å²) < 4.78 is 2.43. The second-order valence-corrected chi connectivity index (χ2v) is 14.6. The molecular formula is C54H35N3. The molecule has 3 heteroatoms. The lowest BCUT2D eigenvalue weighted by molar-refractivity contribution is 1.18. The van der Waals surface area contributed by atoms with Gasteiger partial charge in [-0.15, -0.1) is 0 Å². The van der Waals surface area contributed by atoms with Crippen LogP contribution in [0.2, 0.25) is 0 Å². The van der Waals surface area contributed by atoms with Crippen molar-refractivity contribution in [2.45, 2.75) is 0 Å². The first-order valence-electron chi connectivity index (χ1n) is 19.4. The molecule has 0 N–H and O–H groups in total. The second-order valence-electron chi connectivity index (χ2n) is 14.6. The molecule has 0 unspecified atom stereocenters. The molecule has 0 radical (unpaired) electrons. The molecule has 0 aliphatic rings. The monoisotopic (exact) mass is 725 g/mol. The fourth-order valence-electron chi connectivity index (χ4n) is 8.41. The predicted molar refractivity (Wildman–Crippen MR) is 239 cm³/mol. The first kappa shape index (κ1) is 32.8. The van der Waals surface area contributed by atoms with Crippen LogP contribution >= 0.6 is 0 Å². The minimum atomic E-state index is 0.691. The molecule has 0 atom stereocenters. The van der Waals surface area contributed by atoms with E-state index in [1.54, 1.807) is 0 Å². The number of nitrogens with zero attached hydrogens (tertiary/aromatic N) is 3. The number of aromatic nitrogens is 3. The zero-order chi connectivity index (χ0) is 37.7. The molecule has 0 spiro atoms. The number of hydrogen-bond acceptors (Lipinski definition) is 2. The van der Waals surface area contributed by atoms with Gasteiger partial charge in [-0.05, 0) is 74.8 Å². The third-order valence-electron chi connectivity index (χ3n) is 11.2. The molecule has 9 aromatic carbocycles. The van der Waals surface area contributed by atoms with Crippen molar-refractivity contribution in [2.75, 3.05) is 0 Å². The van der Waals surface area contributed by atoms with E-state index in [0.29, 0.717) is 5.82 Å². The zero-order valence-electron chi connectivity index (χ0n) is 31.0. The fourth-order valence-corrected chi connectivity index (χ4v) is 8.41. The van der Waals surface area contributed by atoms with Crippen molar-refractivity contribution >= 4 is 43.4 Å². The Morgan fingerprint density at radius 1 is 0.298 bits per heavy atom. The summed E-state index contributed by atoms with van der Waals surface area (Å²) in [5, 5.41) is 7.26. The number of benzene rings is 9. The Labute approximate surface area is 330 Å². The van der Waals surface area contributed by atoms with Crippen molar-refractivity contribution < 1.29 is 0 Å². The molecule has 11 aromatic rings. The largest absolute Gasteiger partial charge is 0.309 e. The number of rotatable bonds is 6. The molecule has 266 valence electrons. The van der Waals surface area contributed by atoms with Crippen LogP contribution in [0.15, 0.2) is 212 Å². The maximum Gasteiger partial charge on any atom is 0.160 e. The van der Waals surface area contributed by atoms with Gasteiger partial charge < -0.3 is 4.57 Å². The molecule has 0 aliphatic carbocycles. The van der Waals surface area contributed by atoms with Gasteiger partial charge in [-0.3, -0.25) is 0 Å². The van der Waals surface area contributed by atoms with Crippen LogP contribution < -0.4 is 0 Å². The van der Waals surface area contributed by atoms with E-state index in [1.807, 2.05) is 6.07 Å². The van der Waals surface area contributed by atoms with E-state index in [1.165, 1.54) is 43.7 Å². The molecule has 11 rings (SSSR count). The van der Waals surface area contributed by atoms with Crippen LogP contribution in [0.5, 0.6) is 0 Å². The summed E-state index contributed by atoms with van der Waals surface area (Å²) in [6, 6.07) is 75.7. The summed E-state index contributed by atoms with van der Waals surface area (Å²) in [7, 11) is 0. The molecule has 2 heterocycles. The van der Waals surface area contributed by atoms with Crippen LogP contribution in [0.25, 0.3) is 105 Å². The average Bonchev–Trinajstić information content (AvgIpc) is 3.61. The first-order valence-corrected chi connectivity index (χ1v) is 19.4. The van der Waals surface area contributed by atoms with E-state index >= 15 is 0 Å². The van der Waals surface area contributed by atoms with Gasteiger partial charge >= 0.3 is 0 Å². The van der Waals surface area contributed by atoms with Gasteiger partial charge in [0.2, 0.25) is 0 Å². The van der Waals surface area contributed by atoms with E-state index in [2.05, 4.69) is 211 Å². The van der Waals surface area contributed by atoms with Gasteiger partial charge in [0.05, 0.1) is 28.1 Å². The van der Waals surface area contributed by atoms with Gasteiger partial charge in [0, 0.05) is 32.8 Å². The van der Waals surface area contributed by atoms with E-state index < -0.39 is 0 Å². The highest BCUT2D eigenvalue weighted by molar-refractivity contribution is 6.15. The van der Waals surface area contributed by atoms with Crippen molar-refractivity contribution in [3.63, 3.8) is 0 Å². The molecule has 2 aromatic heterocycles. The Hall–Kier alpha value is -7.62. The van der Waals surface area contributed by atoms with Gasteiger partial charge in [0.1, 0.15) is 0 Å². The predicted octanol–water partition coefficient (Wildman–Crippen LogP) is 14.2. The Morgan fingerprint density at radius 2 is 0.860 bits per heavy atom. The van der Waals surface area contributed by atoms with Gasteiger partial charge in [0.25, 0.3) is 0 Å². The minimum absolute atomic E-state index is 0.691. The number of fused-ring (bicyclic) bond motifs is 5. The fraction of sp³-hybridized carbons (Fsp3) is 0. The molecule has 0 aliphatic heterocycles. The summed E-state index contributed by atoms with van der Waals surface area (Å²) in [6.07, 6.45) is 0. The molecule has 0 amide bonds. The molecule has 0 saturated heterocycles. The molecule has 0 saturated carbocycles. The topological polar surface area (TPSA) is 30.7 Å². The Kier molecular flexibility index (Phi) is 7.82. The summed E-state index contributed by atoms with van der Waals surface area (Å²) in [5.41, 5.74) is 13.0. The van der Waals surface area contributed by atoms with Crippen molar-refractivity contribution in [1.82, 2.24) is 14.5 Å². The van der Waals surface area contributed by atoms with Gasteiger partial charge in [0.15, 0.2) is 5.82 Å². The van der Waals surface area contributed by atoms with Crippen molar-refractivity contribution in [3.05, 3.63) is 212 Å². The first-order chi connectivity index (χ1) is 28.2. The van der Waals surface area contributed by atoms with Crippen LogP contribution in [-0.4, -0.2) is 14.5 Å². The Morgan fingerprint density at radius 3 is 1.63 bits per heavy atom. The highest BCUT2D eigenvalue weighted by atomic mass is 15.0. The van der Waals surface area contributed by atoms with Gasteiger partial charge in [-0.1, -0.05) is 176 Å². The summed E-state index contributed by atoms with van der Waals surface area (Å²) in [4.78, 5) is 10.6. The minimum Gasteiger partial charge on any atom is -0.309 e. The average molecular weight is 726 g/mol. The quantitative estimate of drug-likeness (QED) is 0.171. The Balaban J connectivity index is 1.07. The molecular weight excluding hydrogens is 691 g/mol. The standard InChI is InChI=1S/C54H35N3/c1-3-14-36(15-4-1)37-26-28-38(29-27-37)40-20-13-21-43(32-40)54-55-49(39-16-5-2-6-17-39)35-50(56-54)45-30-31-52(46-23-10-9-22-44(45)46)57-51-25-12-11-24-47(51)48-33-41-18-7-8-19-42(41)34-53(48)57/h1-35H. The van der Waals surface area contributed by atoms with Gasteiger partial charge in [-0.2, -0.15) is 0 Å². The van der Waals surface area contributed by atoms with Crippen LogP contribution in [0.1, 0.15) is 0 Å². The van der Waals surface area contributed by atoms with Crippen LogP contribution in [0.3, 0.4) is 0 Å². The summed E-state index contributed by atoms with van der Waals surface area (Å²) >= 11 is 0. The van der Waals surface area contributed by atoms with Crippen LogP contribution in [0.4, 0.5) is 0 Å². The highest BCUT2D eigenvalue weighted by Gasteiger charge is 2.18. The molecule has 0 bridgehead atoms. The van der Waals surface area contributed by atoms with E-state index in [9.17, 15) is 0 Å². The normalized spacial score (nSPS) is 11.5. The van der Waals surface area contributed by atoms with Crippen molar-refractivity contribution in [2.24, 2.45) is 0 Å². The lowest BCUT2D eigenvalue weighted by Crippen LogP contribution is -1.99. The summed E-state index contributed by atoms with van der Waals surface area (Å²) in [5.74, 6) is 0.691. The lowest BCUT2D eigenvalue weighted by Gasteiger charge is -2.16. The number of hydrogen-bond donors (Lipinski definition) is 0. The number of para-hydroxylation sites is 1. The third-order valence-corrected chi connectivity index (χ3v) is 11.2. The maximum absolute atomic E-state index is 5.35. The second kappa shape index (κ2) is 13.6. The lowest BCUT2D eigenvalue weighted by atomic mass is 9.98. The third kappa shape index (κ3) is 5.76. The molecule has 0 fully saturated rings.